The highest BCUT2D eigenvalue weighted by Gasteiger charge is 2.48. The summed E-state index contributed by atoms with van der Waals surface area (Å²) in [5.74, 6) is -1.57. The van der Waals surface area contributed by atoms with Crippen molar-refractivity contribution in [1.29, 1.82) is 5.41 Å². The number of carbonyl (C=O) groups excluding carboxylic acids is 2. The second-order valence-corrected chi connectivity index (χ2v) is 13.4. The maximum atomic E-state index is 13.4. The zero-order valence-corrected chi connectivity index (χ0v) is 25.1. The Balaban J connectivity index is 1.54. The van der Waals surface area contributed by atoms with Crippen LogP contribution in [0.15, 0.2) is 70.5 Å². The zero-order valence-electron chi connectivity index (χ0n) is 23.5. The molecule has 43 heavy (non-hydrogen) atoms. The van der Waals surface area contributed by atoms with Gasteiger partial charge < -0.3 is 26.7 Å². The van der Waals surface area contributed by atoms with E-state index in [4.69, 9.17) is 15.2 Å². The summed E-state index contributed by atoms with van der Waals surface area (Å²) >= 11 is 0. The molecule has 0 aromatic heterocycles. The molecule has 0 saturated heterocycles. The average Bonchev–Trinajstić information content (AvgIpc) is 3.47. The van der Waals surface area contributed by atoms with E-state index in [1.165, 1.54) is 36.4 Å². The van der Waals surface area contributed by atoms with Crippen molar-refractivity contribution in [1.82, 2.24) is 20.7 Å². The number of hydrogen-bond acceptors (Lipinski definition) is 9. The highest BCUT2D eigenvalue weighted by Crippen LogP contribution is 2.38. The lowest BCUT2D eigenvalue weighted by Crippen LogP contribution is -2.57. The van der Waals surface area contributed by atoms with E-state index in [2.05, 4.69) is 20.7 Å². The summed E-state index contributed by atoms with van der Waals surface area (Å²) in [7, 11) is -9.59. The summed E-state index contributed by atoms with van der Waals surface area (Å²) in [6.45, 7) is -0.127. The number of nitrogens with one attached hydrogen (secondary N) is 5. The topological polar surface area (TPSA) is 230 Å². The van der Waals surface area contributed by atoms with Crippen molar-refractivity contribution in [3.63, 3.8) is 0 Å². The lowest BCUT2D eigenvalue weighted by atomic mass is 9.82. The molecule has 1 saturated carbocycles. The minimum Gasteiger partial charge on any atom is -0.426 e. The average molecular weight is 637 g/mol. The molecular weight excluding hydrogens is 599 g/mol. The Morgan fingerprint density at radius 3 is 2.09 bits per heavy atom. The first-order valence-corrected chi connectivity index (χ1v) is 16.7. The Bertz CT molecular complexity index is 1460. The van der Waals surface area contributed by atoms with Gasteiger partial charge in [0.15, 0.2) is 5.96 Å². The Morgan fingerprint density at radius 1 is 0.930 bits per heavy atom. The monoisotopic (exact) mass is 636 g/mol. The van der Waals surface area contributed by atoms with Gasteiger partial charge in [0.05, 0.1) is 9.79 Å². The Hall–Kier alpha value is -3.51. The van der Waals surface area contributed by atoms with E-state index < -0.39 is 56.6 Å². The summed E-state index contributed by atoms with van der Waals surface area (Å²) in [4.78, 5) is 26.6. The first-order chi connectivity index (χ1) is 20.4. The molecule has 234 valence electrons. The van der Waals surface area contributed by atoms with E-state index in [1.54, 1.807) is 24.3 Å². The Kier molecular flexibility index (Phi) is 12.1. The number of hydrogen-bond donors (Lipinski definition) is 7. The number of guanidine groups is 1. The molecule has 0 radical (unpaired) electrons. The number of carbonyl (C=O) groups is 2. The van der Waals surface area contributed by atoms with Gasteiger partial charge in [0.1, 0.15) is 11.6 Å². The molecule has 14 nitrogen and oxygen atoms in total. The van der Waals surface area contributed by atoms with Crippen molar-refractivity contribution in [3.05, 3.63) is 60.7 Å². The van der Waals surface area contributed by atoms with Gasteiger partial charge in [-0.3, -0.25) is 19.1 Å². The van der Waals surface area contributed by atoms with Crippen LogP contribution in [0.2, 0.25) is 6.32 Å². The molecule has 2 aromatic rings. The maximum Gasteiger partial charge on any atom is 0.471 e. The summed E-state index contributed by atoms with van der Waals surface area (Å²) in [5, 5.41) is 25.7. The van der Waals surface area contributed by atoms with Crippen molar-refractivity contribution < 1.29 is 35.5 Å². The van der Waals surface area contributed by atoms with Crippen LogP contribution < -0.4 is 26.4 Å². The van der Waals surface area contributed by atoms with Gasteiger partial charge in [0, 0.05) is 13.1 Å². The number of amides is 2. The second kappa shape index (κ2) is 15.3. The van der Waals surface area contributed by atoms with E-state index in [1.807, 2.05) is 0 Å². The SMILES string of the molecule is N=C(N)NC(CCCB(O)OS(=O)(=O)c1ccccc1)NC(=O)C1(C(=O)NCCNS(=O)(=O)c2ccccc2)CCCC1. The molecule has 1 fully saturated rings. The molecule has 1 aliphatic rings. The van der Waals surface area contributed by atoms with Gasteiger partial charge in [-0.15, -0.1) is 0 Å². The fourth-order valence-corrected chi connectivity index (χ4v) is 6.79. The molecule has 1 unspecified atom stereocenters. The van der Waals surface area contributed by atoms with Gasteiger partial charge in [-0.25, -0.2) is 13.1 Å². The van der Waals surface area contributed by atoms with Crippen LogP contribution in [0, 0.1) is 10.8 Å². The van der Waals surface area contributed by atoms with Crippen LogP contribution in [0.1, 0.15) is 38.5 Å². The first kappa shape index (κ1) is 34.0. The normalized spacial score (nSPS) is 15.3. The predicted octanol–water partition coefficient (Wildman–Crippen LogP) is 0.233. The molecule has 0 bridgehead atoms. The van der Waals surface area contributed by atoms with Crippen molar-refractivity contribution in [3.8, 4) is 0 Å². The van der Waals surface area contributed by atoms with Crippen LogP contribution >= 0.6 is 0 Å². The predicted molar refractivity (Wildman–Crippen MR) is 159 cm³/mol. The van der Waals surface area contributed by atoms with Crippen LogP contribution in [0.3, 0.4) is 0 Å². The largest absolute Gasteiger partial charge is 0.471 e. The van der Waals surface area contributed by atoms with E-state index in [0.29, 0.717) is 12.8 Å². The summed E-state index contributed by atoms with van der Waals surface area (Å²) in [6.07, 6.45) is 1.09. The fraction of sp³-hybridized carbons (Fsp3) is 0.423. The van der Waals surface area contributed by atoms with Crippen LogP contribution in [0.5, 0.6) is 0 Å². The van der Waals surface area contributed by atoms with Gasteiger partial charge in [-0.1, -0.05) is 55.7 Å². The number of sulfonamides is 1. The van der Waals surface area contributed by atoms with E-state index >= 15 is 0 Å². The van der Waals surface area contributed by atoms with E-state index in [0.717, 1.165) is 0 Å². The third-order valence-corrected chi connectivity index (χ3v) is 9.73. The molecule has 0 aliphatic heterocycles. The lowest BCUT2D eigenvalue weighted by molar-refractivity contribution is -0.143. The Labute approximate surface area is 252 Å². The maximum absolute atomic E-state index is 13.4. The quantitative estimate of drug-likeness (QED) is 0.0331. The molecule has 8 N–H and O–H groups in total. The zero-order chi connectivity index (χ0) is 31.5. The first-order valence-electron chi connectivity index (χ1n) is 13.8. The number of benzene rings is 2. The van der Waals surface area contributed by atoms with Crippen molar-refractivity contribution in [2.45, 2.75) is 60.8 Å². The standard InChI is InChI=1S/C26H37BN6O8S2/c28-25(29)33-22(14-9-17-27(36)41-43(39,40)21-12-5-2-6-13-21)32-24(35)26(15-7-8-16-26)23(34)30-18-19-31-42(37,38)20-10-3-1-4-11-20/h1-6,10-13,22,31,36H,7-9,14-19H2,(H,30,34)(H,32,35)(H4,28,29,33). The summed E-state index contributed by atoms with van der Waals surface area (Å²) < 4.78 is 56.7. The van der Waals surface area contributed by atoms with Gasteiger partial charge in [0.2, 0.25) is 21.8 Å². The van der Waals surface area contributed by atoms with Crippen molar-refractivity contribution >= 4 is 45.0 Å². The minimum atomic E-state index is -4.18. The smallest absolute Gasteiger partial charge is 0.426 e. The fourth-order valence-electron chi connectivity index (χ4n) is 4.75. The third kappa shape index (κ3) is 9.76. The summed E-state index contributed by atoms with van der Waals surface area (Å²) in [6, 6.07) is 15.1. The minimum absolute atomic E-state index is 0.0428. The van der Waals surface area contributed by atoms with Gasteiger partial charge in [-0.2, -0.15) is 8.42 Å². The molecule has 0 heterocycles. The molecule has 17 heteroatoms. The van der Waals surface area contributed by atoms with Crippen LogP contribution in [0.25, 0.3) is 0 Å². The molecule has 2 amide bonds. The van der Waals surface area contributed by atoms with Crippen molar-refractivity contribution in [2.24, 2.45) is 11.1 Å². The highest BCUT2D eigenvalue weighted by molar-refractivity contribution is 7.89. The van der Waals surface area contributed by atoms with Gasteiger partial charge in [0.25, 0.3) is 10.1 Å². The highest BCUT2D eigenvalue weighted by atomic mass is 32.2. The molecular formula is C26H37BN6O8S2. The molecule has 0 spiro atoms. The third-order valence-electron chi connectivity index (χ3n) is 6.93. The van der Waals surface area contributed by atoms with Crippen LogP contribution in [-0.4, -0.2) is 66.0 Å². The lowest BCUT2D eigenvalue weighted by Gasteiger charge is -2.30. The molecule has 2 aromatic carbocycles. The number of nitrogens with two attached hydrogens (primary N) is 1. The van der Waals surface area contributed by atoms with Crippen molar-refractivity contribution in [2.75, 3.05) is 13.1 Å². The molecule has 3 rings (SSSR count). The number of rotatable bonds is 16. The van der Waals surface area contributed by atoms with Crippen LogP contribution in [-0.2, 0) is 33.8 Å². The van der Waals surface area contributed by atoms with Gasteiger partial charge in [-0.05, 0) is 49.8 Å². The molecule has 1 atom stereocenters. The van der Waals surface area contributed by atoms with Gasteiger partial charge >= 0.3 is 7.12 Å². The Morgan fingerprint density at radius 2 is 1.51 bits per heavy atom. The van der Waals surface area contributed by atoms with Crippen LogP contribution in [0.4, 0.5) is 0 Å². The van der Waals surface area contributed by atoms with E-state index in [-0.39, 0.29) is 54.9 Å². The second-order valence-electron chi connectivity index (χ2n) is 10.1. The van der Waals surface area contributed by atoms with E-state index in [9.17, 15) is 31.4 Å². The summed E-state index contributed by atoms with van der Waals surface area (Å²) in [5.41, 5.74) is 4.08. The molecule has 1 aliphatic carbocycles.